The fourth-order valence-corrected chi connectivity index (χ4v) is 3.24. The zero-order chi connectivity index (χ0) is 12.7. The molecule has 0 spiro atoms. The molecule has 3 fully saturated rings. The molecule has 1 aromatic carbocycles. The van der Waals surface area contributed by atoms with Gasteiger partial charge in [-0.1, -0.05) is 11.6 Å². The van der Waals surface area contributed by atoms with Crippen LogP contribution in [0.2, 0.25) is 5.02 Å². The summed E-state index contributed by atoms with van der Waals surface area (Å²) in [6.07, 6.45) is 3.76. The molecule has 4 nitrogen and oxygen atoms in total. The Balaban J connectivity index is 2.03. The zero-order valence-electron chi connectivity index (χ0n) is 10.1. The van der Waals surface area contributed by atoms with Crippen molar-refractivity contribution < 1.29 is 0 Å². The number of nitrogens with two attached hydrogens (primary N) is 1. The molecular weight excluding hydrogens is 248 g/mol. The Morgan fingerprint density at radius 3 is 2.83 bits per heavy atom. The number of anilines is 2. The quantitative estimate of drug-likeness (QED) is 0.564. The minimum absolute atomic E-state index is 0.492. The summed E-state index contributed by atoms with van der Waals surface area (Å²) in [7, 11) is 0. The van der Waals surface area contributed by atoms with Crippen molar-refractivity contribution >= 4 is 29.2 Å². The van der Waals surface area contributed by atoms with Crippen LogP contribution < -0.4 is 16.0 Å². The lowest BCUT2D eigenvalue weighted by Gasteiger charge is -2.47. The third-order valence-corrected chi connectivity index (χ3v) is 4.18. The summed E-state index contributed by atoms with van der Waals surface area (Å²) in [5.74, 6) is 0. The number of benzene rings is 1. The van der Waals surface area contributed by atoms with Gasteiger partial charge in [0.05, 0.1) is 0 Å². The Hall–Kier alpha value is -1.26. The largest absolute Gasteiger partial charge is 0.398 e. The molecule has 2 unspecified atom stereocenters. The van der Waals surface area contributed by atoms with Crippen LogP contribution in [0, 0.1) is 5.41 Å². The van der Waals surface area contributed by atoms with E-state index in [-0.39, 0.29) is 0 Å². The van der Waals surface area contributed by atoms with Gasteiger partial charge >= 0.3 is 0 Å². The van der Waals surface area contributed by atoms with Crippen LogP contribution in [0.5, 0.6) is 0 Å². The molecule has 4 rings (SSSR count). The minimum atomic E-state index is 0.492. The van der Waals surface area contributed by atoms with Gasteiger partial charge in [0.25, 0.3) is 0 Å². The highest BCUT2D eigenvalue weighted by molar-refractivity contribution is 6.31. The van der Waals surface area contributed by atoms with Gasteiger partial charge in [-0.05, 0) is 25.0 Å². The standard InChI is InChI=1S/C13H17ClN4/c14-8-3-12(16)11(5-15)13(4-8)18-7-9-1-2-10(18)6-17-9/h3-5,9-10,15,17H,1-2,6-7,16H2. The Labute approximate surface area is 112 Å². The molecule has 3 aliphatic heterocycles. The Bertz CT molecular complexity index is 480. The van der Waals surface area contributed by atoms with Gasteiger partial charge in [0, 0.05) is 53.3 Å². The highest BCUT2D eigenvalue weighted by atomic mass is 35.5. The number of piperazine rings is 1. The van der Waals surface area contributed by atoms with Gasteiger partial charge in [-0.3, -0.25) is 0 Å². The lowest BCUT2D eigenvalue weighted by molar-refractivity contribution is 0.290. The van der Waals surface area contributed by atoms with E-state index in [1.807, 2.05) is 6.07 Å². The van der Waals surface area contributed by atoms with Crippen LogP contribution >= 0.6 is 11.6 Å². The summed E-state index contributed by atoms with van der Waals surface area (Å²) in [6.45, 7) is 1.99. The van der Waals surface area contributed by atoms with Crippen molar-refractivity contribution in [1.82, 2.24) is 5.32 Å². The molecule has 96 valence electrons. The fourth-order valence-electron chi connectivity index (χ4n) is 3.02. The summed E-state index contributed by atoms with van der Waals surface area (Å²) in [5, 5.41) is 11.7. The number of hydrogen-bond donors (Lipinski definition) is 3. The number of fused-ring (bicyclic) bond motifs is 3. The molecule has 0 saturated carbocycles. The molecule has 0 radical (unpaired) electrons. The molecule has 4 N–H and O–H groups in total. The normalized spacial score (nSPS) is 26.4. The monoisotopic (exact) mass is 264 g/mol. The zero-order valence-corrected chi connectivity index (χ0v) is 10.9. The maximum Gasteiger partial charge on any atom is 0.0494 e. The first kappa shape index (κ1) is 11.8. The average Bonchev–Trinajstić information content (AvgIpc) is 2.39. The fraction of sp³-hybridized carbons (Fsp3) is 0.462. The summed E-state index contributed by atoms with van der Waals surface area (Å²) in [5.41, 5.74) is 8.33. The van der Waals surface area contributed by atoms with Gasteiger partial charge in [0.1, 0.15) is 0 Å². The molecule has 0 aromatic heterocycles. The average molecular weight is 265 g/mol. The third-order valence-electron chi connectivity index (χ3n) is 3.96. The number of piperidine rings is 2. The lowest BCUT2D eigenvalue weighted by atomic mass is 9.91. The van der Waals surface area contributed by atoms with E-state index in [1.165, 1.54) is 19.1 Å². The Morgan fingerprint density at radius 1 is 1.44 bits per heavy atom. The molecule has 0 aliphatic carbocycles. The molecule has 5 heteroatoms. The number of nitrogen functional groups attached to an aromatic ring is 1. The first-order valence-corrected chi connectivity index (χ1v) is 6.66. The van der Waals surface area contributed by atoms with Crippen molar-refractivity contribution in [1.29, 1.82) is 5.41 Å². The molecule has 2 bridgehead atoms. The van der Waals surface area contributed by atoms with E-state index in [1.54, 1.807) is 6.07 Å². The van der Waals surface area contributed by atoms with Crippen LogP contribution in [0.25, 0.3) is 0 Å². The molecule has 3 aliphatic rings. The second kappa shape index (κ2) is 4.44. The maximum atomic E-state index is 7.56. The van der Waals surface area contributed by atoms with Gasteiger partial charge < -0.3 is 21.4 Å². The van der Waals surface area contributed by atoms with Gasteiger partial charge in [-0.2, -0.15) is 0 Å². The molecule has 1 aromatic rings. The summed E-state index contributed by atoms with van der Waals surface area (Å²) in [6, 6.07) is 4.69. The maximum absolute atomic E-state index is 7.56. The minimum Gasteiger partial charge on any atom is -0.398 e. The smallest absolute Gasteiger partial charge is 0.0494 e. The number of nitrogens with zero attached hydrogens (tertiary/aromatic N) is 1. The SMILES string of the molecule is N=Cc1c(N)cc(Cl)cc1N1CC2CCC1CN2. The molecule has 18 heavy (non-hydrogen) atoms. The van der Waals surface area contributed by atoms with Gasteiger partial charge in [-0.15, -0.1) is 0 Å². The van der Waals surface area contributed by atoms with Gasteiger partial charge in [0.15, 0.2) is 0 Å². The van der Waals surface area contributed by atoms with Crippen molar-refractivity contribution in [2.75, 3.05) is 23.7 Å². The first-order chi connectivity index (χ1) is 8.69. The van der Waals surface area contributed by atoms with Crippen LogP contribution in [0.15, 0.2) is 12.1 Å². The molecular formula is C13H17ClN4. The summed E-state index contributed by atoms with van der Waals surface area (Å²) >= 11 is 6.10. The van der Waals surface area contributed by atoms with Crippen LogP contribution in [-0.4, -0.2) is 31.4 Å². The molecule has 3 saturated heterocycles. The van der Waals surface area contributed by atoms with Crippen LogP contribution in [0.4, 0.5) is 11.4 Å². The van der Waals surface area contributed by atoms with Crippen LogP contribution in [0.1, 0.15) is 18.4 Å². The number of hydrogen-bond acceptors (Lipinski definition) is 4. The molecule has 3 heterocycles. The van der Waals surface area contributed by atoms with Gasteiger partial charge in [0.2, 0.25) is 0 Å². The third kappa shape index (κ3) is 1.85. The summed E-state index contributed by atoms with van der Waals surface area (Å²) in [4.78, 5) is 2.35. The van der Waals surface area contributed by atoms with E-state index in [9.17, 15) is 0 Å². The van der Waals surface area contributed by atoms with E-state index in [2.05, 4.69) is 10.2 Å². The van der Waals surface area contributed by atoms with Crippen LogP contribution in [-0.2, 0) is 0 Å². The van der Waals surface area contributed by atoms with E-state index in [4.69, 9.17) is 22.7 Å². The number of rotatable bonds is 2. The second-order valence-electron chi connectivity index (χ2n) is 5.06. The van der Waals surface area contributed by atoms with Crippen molar-refractivity contribution in [3.63, 3.8) is 0 Å². The van der Waals surface area contributed by atoms with Crippen molar-refractivity contribution in [3.05, 3.63) is 22.7 Å². The lowest BCUT2D eigenvalue weighted by Crippen LogP contribution is -2.61. The van der Waals surface area contributed by atoms with Gasteiger partial charge in [-0.25, -0.2) is 0 Å². The molecule has 2 atom stereocenters. The van der Waals surface area contributed by atoms with Crippen molar-refractivity contribution in [2.45, 2.75) is 24.9 Å². The Kier molecular flexibility index (Phi) is 2.92. The predicted molar refractivity (Wildman–Crippen MR) is 75.9 cm³/mol. The molecule has 0 amide bonds. The Morgan fingerprint density at radius 2 is 2.28 bits per heavy atom. The van der Waals surface area contributed by atoms with E-state index in [0.717, 1.165) is 24.3 Å². The van der Waals surface area contributed by atoms with E-state index in [0.29, 0.717) is 22.8 Å². The topological polar surface area (TPSA) is 65.1 Å². The van der Waals surface area contributed by atoms with Crippen molar-refractivity contribution in [2.24, 2.45) is 0 Å². The number of halogens is 1. The highest BCUT2D eigenvalue weighted by Crippen LogP contribution is 2.34. The predicted octanol–water partition coefficient (Wildman–Crippen LogP) is 1.86. The summed E-state index contributed by atoms with van der Waals surface area (Å²) < 4.78 is 0. The first-order valence-electron chi connectivity index (χ1n) is 6.28. The van der Waals surface area contributed by atoms with E-state index < -0.39 is 0 Å². The van der Waals surface area contributed by atoms with Crippen LogP contribution in [0.3, 0.4) is 0 Å². The van der Waals surface area contributed by atoms with E-state index >= 15 is 0 Å². The van der Waals surface area contributed by atoms with Crippen molar-refractivity contribution in [3.8, 4) is 0 Å². The highest BCUT2D eigenvalue weighted by Gasteiger charge is 2.34. The number of nitrogens with one attached hydrogen (secondary N) is 2. The second-order valence-corrected chi connectivity index (χ2v) is 5.50.